The molecule has 0 saturated carbocycles. The van der Waals surface area contributed by atoms with Crippen molar-refractivity contribution in [1.82, 2.24) is 10.2 Å². The van der Waals surface area contributed by atoms with Crippen LogP contribution in [0.4, 0.5) is 5.69 Å². The number of carbonyl (C=O) groups excluding carboxylic acids is 1. The Labute approximate surface area is 102 Å². The van der Waals surface area contributed by atoms with Crippen LogP contribution in [0.25, 0.3) is 0 Å². The molecular formula is C12H22N4O. The third kappa shape index (κ3) is 4.19. The van der Waals surface area contributed by atoms with Gasteiger partial charge in [0.2, 0.25) is 5.91 Å². The van der Waals surface area contributed by atoms with Gasteiger partial charge in [0.1, 0.15) is 0 Å². The SMILES string of the molecule is Cc1n[nH]c(C)c1NC(=O)CCC(C)CCN. The van der Waals surface area contributed by atoms with E-state index in [1.165, 1.54) is 0 Å². The van der Waals surface area contributed by atoms with E-state index in [1.807, 2.05) is 13.8 Å². The molecule has 0 aliphatic carbocycles. The molecule has 1 heterocycles. The molecular weight excluding hydrogens is 216 g/mol. The highest BCUT2D eigenvalue weighted by molar-refractivity contribution is 5.91. The van der Waals surface area contributed by atoms with Crippen LogP contribution < -0.4 is 11.1 Å². The van der Waals surface area contributed by atoms with E-state index in [4.69, 9.17) is 5.73 Å². The van der Waals surface area contributed by atoms with Gasteiger partial charge < -0.3 is 11.1 Å². The first-order valence-corrected chi connectivity index (χ1v) is 6.06. The van der Waals surface area contributed by atoms with Crippen molar-refractivity contribution in [2.75, 3.05) is 11.9 Å². The fraction of sp³-hybridized carbons (Fsp3) is 0.667. The number of hydrogen-bond acceptors (Lipinski definition) is 3. The highest BCUT2D eigenvalue weighted by Gasteiger charge is 2.11. The molecule has 1 unspecified atom stereocenters. The van der Waals surface area contributed by atoms with E-state index in [-0.39, 0.29) is 5.91 Å². The van der Waals surface area contributed by atoms with Crippen LogP contribution in [0, 0.1) is 19.8 Å². The number of nitrogens with two attached hydrogens (primary N) is 1. The summed E-state index contributed by atoms with van der Waals surface area (Å²) in [4.78, 5) is 11.7. The van der Waals surface area contributed by atoms with Gasteiger partial charge in [-0.2, -0.15) is 5.10 Å². The van der Waals surface area contributed by atoms with Gasteiger partial charge in [-0.25, -0.2) is 0 Å². The largest absolute Gasteiger partial charge is 0.330 e. The molecule has 0 saturated heterocycles. The molecule has 1 amide bonds. The van der Waals surface area contributed by atoms with Gasteiger partial charge in [-0.15, -0.1) is 0 Å². The Kier molecular flexibility index (Phi) is 5.15. The predicted molar refractivity (Wildman–Crippen MR) is 68.8 cm³/mol. The zero-order valence-electron chi connectivity index (χ0n) is 10.8. The number of anilines is 1. The third-order valence-electron chi connectivity index (χ3n) is 2.92. The summed E-state index contributed by atoms with van der Waals surface area (Å²) in [5.41, 5.74) is 8.00. The van der Waals surface area contributed by atoms with Gasteiger partial charge >= 0.3 is 0 Å². The van der Waals surface area contributed by atoms with Gasteiger partial charge in [-0.3, -0.25) is 9.89 Å². The molecule has 96 valence electrons. The average Bonchev–Trinajstić information content (AvgIpc) is 2.58. The molecule has 17 heavy (non-hydrogen) atoms. The van der Waals surface area contributed by atoms with Gasteiger partial charge in [0.15, 0.2) is 0 Å². The maximum atomic E-state index is 11.7. The van der Waals surface area contributed by atoms with Crippen LogP contribution in [0.3, 0.4) is 0 Å². The number of carbonyl (C=O) groups is 1. The maximum absolute atomic E-state index is 11.7. The van der Waals surface area contributed by atoms with E-state index in [2.05, 4.69) is 22.4 Å². The molecule has 1 rings (SSSR count). The van der Waals surface area contributed by atoms with E-state index >= 15 is 0 Å². The summed E-state index contributed by atoms with van der Waals surface area (Å²) in [5, 5.41) is 9.78. The molecule has 4 N–H and O–H groups in total. The van der Waals surface area contributed by atoms with Gasteiger partial charge in [0.25, 0.3) is 0 Å². The highest BCUT2D eigenvalue weighted by atomic mass is 16.1. The predicted octanol–water partition coefficient (Wildman–Crippen LogP) is 1.73. The number of aromatic amines is 1. The minimum Gasteiger partial charge on any atom is -0.330 e. The zero-order chi connectivity index (χ0) is 12.8. The van der Waals surface area contributed by atoms with Gasteiger partial charge in [-0.1, -0.05) is 6.92 Å². The van der Waals surface area contributed by atoms with Crippen LogP contribution >= 0.6 is 0 Å². The molecule has 0 fully saturated rings. The van der Waals surface area contributed by atoms with Crippen molar-refractivity contribution in [3.8, 4) is 0 Å². The lowest BCUT2D eigenvalue weighted by atomic mass is 10.0. The Morgan fingerprint density at radius 3 is 2.71 bits per heavy atom. The molecule has 0 bridgehead atoms. The number of aryl methyl sites for hydroxylation is 2. The van der Waals surface area contributed by atoms with Crippen molar-refractivity contribution in [3.63, 3.8) is 0 Å². The molecule has 0 radical (unpaired) electrons. The Hall–Kier alpha value is -1.36. The number of H-pyrrole nitrogens is 1. The van der Waals surface area contributed by atoms with Crippen molar-refractivity contribution in [2.24, 2.45) is 11.7 Å². The second kappa shape index (κ2) is 6.39. The first-order chi connectivity index (χ1) is 8.04. The summed E-state index contributed by atoms with van der Waals surface area (Å²) in [6.07, 6.45) is 2.38. The number of rotatable bonds is 6. The van der Waals surface area contributed by atoms with Crippen molar-refractivity contribution in [3.05, 3.63) is 11.4 Å². The lowest BCUT2D eigenvalue weighted by molar-refractivity contribution is -0.116. The number of aromatic nitrogens is 2. The Balaban J connectivity index is 2.40. The van der Waals surface area contributed by atoms with Crippen LogP contribution in [0.2, 0.25) is 0 Å². The standard InChI is InChI=1S/C12H22N4O/c1-8(6-7-13)4-5-11(17)14-12-9(2)15-16-10(12)3/h8H,4-7,13H2,1-3H3,(H,14,17)(H,15,16). The Bertz CT molecular complexity index is 353. The summed E-state index contributed by atoms with van der Waals surface area (Å²) in [6, 6.07) is 0. The van der Waals surface area contributed by atoms with Crippen molar-refractivity contribution < 1.29 is 4.79 Å². The van der Waals surface area contributed by atoms with Crippen LogP contribution in [0.15, 0.2) is 0 Å². The Morgan fingerprint density at radius 1 is 1.47 bits per heavy atom. The zero-order valence-corrected chi connectivity index (χ0v) is 10.8. The van der Waals surface area contributed by atoms with Gasteiger partial charge in [0.05, 0.1) is 17.1 Å². The smallest absolute Gasteiger partial charge is 0.224 e. The van der Waals surface area contributed by atoms with E-state index in [9.17, 15) is 4.79 Å². The highest BCUT2D eigenvalue weighted by Crippen LogP contribution is 2.17. The van der Waals surface area contributed by atoms with Crippen LogP contribution in [-0.2, 0) is 4.79 Å². The summed E-state index contributed by atoms with van der Waals surface area (Å²) >= 11 is 0. The van der Waals surface area contributed by atoms with Crippen molar-refractivity contribution >= 4 is 11.6 Å². The summed E-state index contributed by atoms with van der Waals surface area (Å²) in [6.45, 7) is 6.57. The van der Waals surface area contributed by atoms with Crippen molar-refractivity contribution in [1.29, 1.82) is 0 Å². The van der Waals surface area contributed by atoms with Crippen molar-refractivity contribution in [2.45, 2.75) is 40.0 Å². The van der Waals surface area contributed by atoms with E-state index in [0.717, 1.165) is 29.9 Å². The molecule has 0 aliphatic heterocycles. The normalized spacial score (nSPS) is 12.5. The van der Waals surface area contributed by atoms with Crippen LogP contribution in [0.5, 0.6) is 0 Å². The van der Waals surface area contributed by atoms with Crippen LogP contribution in [0.1, 0.15) is 37.6 Å². The maximum Gasteiger partial charge on any atom is 0.224 e. The summed E-state index contributed by atoms with van der Waals surface area (Å²) < 4.78 is 0. The number of amides is 1. The fourth-order valence-electron chi connectivity index (χ4n) is 1.74. The molecule has 5 nitrogen and oxygen atoms in total. The minimum absolute atomic E-state index is 0.0430. The van der Waals surface area contributed by atoms with Crippen LogP contribution in [-0.4, -0.2) is 22.6 Å². The second-order valence-corrected chi connectivity index (χ2v) is 4.58. The molecule has 1 aromatic heterocycles. The topological polar surface area (TPSA) is 83.8 Å². The average molecular weight is 238 g/mol. The molecule has 1 aromatic rings. The summed E-state index contributed by atoms with van der Waals surface area (Å²) in [7, 11) is 0. The minimum atomic E-state index is 0.0430. The van der Waals surface area contributed by atoms with E-state index in [0.29, 0.717) is 18.9 Å². The quantitative estimate of drug-likeness (QED) is 0.705. The first kappa shape index (κ1) is 13.7. The second-order valence-electron chi connectivity index (χ2n) is 4.58. The Morgan fingerprint density at radius 2 is 2.18 bits per heavy atom. The van der Waals surface area contributed by atoms with Gasteiger partial charge in [-0.05, 0) is 39.2 Å². The molecule has 1 atom stereocenters. The van der Waals surface area contributed by atoms with E-state index < -0.39 is 0 Å². The third-order valence-corrected chi connectivity index (χ3v) is 2.92. The van der Waals surface area contributed by atoms with E-state index in [1.54, 1.807) is 0 Å². The first-order valence-electron chi connectivity index (χ1n) is 6.06. The molecule has 0 aliphatic rings. The number of nitrogens with zero attached hydrogens (tertiary/aromatic N) is 1. The fourth-order valence-corrected chi connectivity index (χ4v) is 1.74. The number of hydrogen-bond donors (Lipinski definition) is 3. The molecule has 5 heteroatoms. The lowest BCUT2D eigenvalue weighted by Gasteiger charge is -2.10. The summed E-state index contributed by atoms with van der Waals surface area (Å²) in [5.74, 6) is 0.541. The molecule has 0 spiro atoms. The monoisotopic (exact) mass is 238 g/mol. The lowest BCUT2D eigenvalue weighted by Crippen LogP contribution is -2.14. The van der Waals surface area contributed by atoms with Gasteiger partial charge in [0, 0.05) is 6.42 Å². The molecule has 0 aromatic carbocycles. The number of nitrogens with one attached hydrogen (secondary N) is 2.